The molecule has 5 heteroatoms. The van der Waals surface area contributed by atoms with Crippen molar-refractivity contribution in [3.63, 3.8) is 0 Å². The van der Waals surface area contributed by atoms with Crippen LogP contribution in [0.3, 0.4) is 0 Å². The predicted molar refractivity (Wildman–Crippen MR) is 72.4 cm³/mol. The van der Waals surface area contributed by atoms with E-state index in [9.17, 15) is 4.79 Å². The summed E-state index contributed by atoms with van der Waals surface area (Å²) in [6.07, 6.45) is 2.06. The number of hydrogen-bond acceptors (Lipinski definition) is 4. The summed E-state index contributed by atoms with van der Waals surface area (Å²) >= 11 is 1.77. The Morgan fingerprint density at radius 2 is 2.29 bits per heavy atom. The van der Waals surface area contributed by atoms with Crippen LogP contribution < -0.4 is 5.32 Å². The highest BCUT2D eigenvalue weighted by atomic mass is 32.2. The molecular formula is C12H24N2O2S. The fourth-order valence-corrected chi connectivity index (χ4v) is 2.80. The molecule has 0 bridgehead atoms. The third kappa shape index (κ3) is 3.86. The van der Waals surface area contributed by atoms with Crippen LogP contribution in [0.25, 0.3) is 0 Å². The fraction of sp³-hybridized carbons (Fsp3) is 0.917. The highest BCUT2D eigenvalue weighted by Gasteiger charge is 2.36. The average molecular weight is 260 g/mol. The first-order chi connectivity index (χ1) is 8.11. The van der Waals surface area contributed by atoms with Crippen molar-refractivity contribution >= 4 is 17.7 Å². The van der Waals surface area contributed by atoms with E-state index >= 15 is 0 Å². The third-order valence-corrected chi connectivity index (χ3v) is 4.10. The van der Waals surface area contributed by atoms with Crippen LogP contribution in [0.15, 0.2) is 0 Å². The zero-order valence-electron chi connectivity index (χ0n) is 11.2. The maximum atomic E-state index is 12.3. The van der Waals surface area contributed by atoms with Gasteiger partial charge in [-0.05, 0) is 19.7 Å². The van der Waals surface area contributed by atoms with Gasteiger partial charge in [0.1, 0.15) is 0 Å². The molecule has 3 unspecified atom stereocenters. The Bertz CT molecular complexity index is 251. The van der Waals surface area contributed by atoms with Gasteiger partial charge in [-0.2, -0.15) is 11.8 Å². The number of likely N-dealkylation sites (N-methyl/N-ethyl adjacent to an activating group) is 1. The van der Waals surface area contributed by atoms with E-state index in [2.05, 4.69) is 25.4 Å². The van der Waals surface area contributed by atoms with Crippen LogP contribution in [0.1, 0.15) is 13.8 Å². The van der Waals surface area contributed by atoms with Crippen LogP contribution in [-0.2, 0) is 9.53 Å². The van der Waals surface area contributed by atoms with Crippen molar-refractivity contribution in [3.05, 3.63) is 0 Å². The minimum Gasteiger partial charge on any atom is -0.379 e. The Kier molecular flexibility index (Phi) is 6.30. The number of nitrogens with zero attached hydrogens (tertiary/aromatic N) is 1. The van der Waals surface area contributed by atoms with E-state index in [0.717, 1.165) is 12.3 Å². The number of rotatable bonds is 6. The molecule has 0 spiro atoms. The number of carbonyl (C=O) groups is 1. The minimum atomic E-state index is -0.0238. The first-order valence-electron chi connectivity index (χ1n) is 6.18. The van der Waals surface area contributed by atoms with Crippen LogP contribution in [0.5, 0.6) is 0 Å². The Hall–Kier alpha value is -0.260. The normalized spacial score (nSPS) is 25.9. The predicted octanol–water partition coefficient (Wildman–Crippen LogP) is 0.821. The summed E-state index contributed by atoms with van der Waals surface area (Å²) in [5.41, 5.74) is 0. The van der Waals surface area contributed by atoms with Crippen molar-refractivity contribution in [1.82, 2.24) is 10.2 Å². The van der Waals surface area contributed by atoms with Crippen LogP contribution >= 0.6 is 11.8 Å². The van der Waals surface area contributed by atoms with E-state index in [1.54, 1.807) is 11.8 Å². The standard InChI is InChI=1S/C12H24N2O2S/c1-5-13-11-7-16-6-10(11)12(15)14(3)9(2)8-17-4/h9-11,13H,5-8H2,1-4H3. The lowest BCUT2D eigenvalue weighted by Crippen LogP contribution is -2.47. The lowest BCUT2D eigenvalue weighted by Gasteiger charge is -2.29. The molecule has 0 aromatic carbocycles. The summed E-state index contributed by atoms with van der Waals surface area (Å²) in [4.78, 5) is 14.2. The molecule has 1 N–H and O–H groups in total. The molecule has 1 fully saturated rings. The molecule has 1 saturated heterocycles. The van der Waals surface area contributed by atoms with Crippen molar-refractivity contribution in [2.24, 2.45) is 5.92 Å². The molecule has 1 heterocycles. The van der Waals surface area contributed by atoms with Gasteiger partial charge in [-0.15, -0.1) is 0 Å². The summed E-state index contributed by atoms with van der Waals surface area (Å²) in [7, 11) is 1.89. The average Bonchev–Trinajstić information content (AvgIpc) is 2.76. The number of nitrogens with one attached hydrogen (secondary N) is 1. The van der Waals surface area contributed by atoms with Gasteiger partial charge in [0.25, 0.3) is 0 Å². The summed E-state index contributed by atoms with van der Waals surface area (Å²) in [5.74, 6) is 1.15. The quantitative estimate of drug-likeness (QED) is 0.768. The third-order valence-electron chi connectivity index (χ3n) is 3.28. The van der Waals surface area contributed by atoms with Gasteiger partial charge in [-0.25, -0.2) is 0 Å². The van der Waals surface area contributed by atoms with E-state index in [1.807, 2.05) is 11.9 Å². The van der Waals surface area contributed by atoms with Crippen molar-refractivity contribution in [2.45, 2.75) is 25.9 Å². The molecule has 0 aromatic rings. The lowest BCUT2D eigenvalue weighted by molar-refractivity contribution is -0.136. The molecule has 1 aliphatic heterocycles. The maximum Gasteiger partial charge on any atom is 0.229 e. The highest BCUT2D eigenvalue weighted by Crippen LogP contribution is 2.18. The van der Waals surface area contributed by atoms with Gasteiger partial charge in [-0.3, -0.25) is 4.79 Å². The molecule has 17 heavy (non-hydrogen) atoms. The van der Waals surface area contributed by atoms with E-state index in [1.165, 1.54) is 0 Å². The Balaban J connectivity index is 2.55. The Morgan fingerprint density at radius 3 is 2.88 bits per heavy atom. The van der Waals surface area contributed by atoms with Crippen molar-refractivity contribution in [1.29, 1.82) is 0 Å². The monoisotopic (exact) mass is 260 g/mol. The summed E-state index contributed by atoms with van der Waals surface area (Å²) in [5, 5.41) is 3.32. The van der Waals surface area contributed by atoms with E-state index in [4.69, 9.17) is 4.74 Å². The molecule has 100 valence electrons. The Labute approximate surface area is 108 Å². The first-order valence-corrected chi connectivity index (χ1v) is 7.57. The zero-order chi connectivity index (χ0) is 12.8. The molecular weight excluding hydrogens is 236 g/mol. The van der Waals surface area contributed by atoms with Gasteiger partial charge < -0.3 is 15.0 Å². The van der Waals surface area contributed by atoms with Crippen molar-refractivity contribution in [2.75, 3.05) is 38.8 Å². The van der Waals surface area contributed by atoms with Gasteiger partial charge in [-0.1, -0.05) is 6.92 Å². The topological polar surface area (TPSA) is 41.6 Å². The number of hydrogen-bond donors (Lipinski definition) is 1. The zero-order valence-corrected chi connectivity index (χ0v) is 12.0. The maximum absolute atomic E-state index is 12.3. The largest absolute Gasteiger partial charge is 0.379 e. The number of thioether (sulfide) groups is 1. The second kappa shape index (κ2) is 7.24. The highest BCUT2D eigenvalue weighted by molar-refractivity contribution is 7.98. The molecule has 0 saturated carbocycles. The van der Waals surface area contributed by atoms with Crippen molar-refractivity contribution in [3.8, 4) is 0 Å². The van der Waals surface area contributed by atoms with Gasteiger partial charge in [0.15, 0.2) is 0 Å². The van der Waals surface area contributed by atoms with Gasteiger partial charge >= 0.3 is 0 Å². The number of amides is 1. The molecule has 0 aliphatic carbocycles. The molecule has 1 amide bonds. The van der Waals surface area contributed by atoms with Crippen LogP contribution in [-0.4, -0.2) is 61.7 Å². The molecule has 0 radical (unpaired) electrons. The fourth-order valence-electron chi connectivity index (χ4n) is 2.09. The summed E-state index contributed by atoms with van der Waals surface area (Å²) in [6.45, 7) is 6.22. The molecule has 3 atom stereocenters. The summed E-state index contributed by atoms with van der Waals surface area (Å²) < 4.78 is 5.42. The second-order valence-corrected chi connectivity index (χ2v) is 5.47. The van der Waals surface area contributed by atoms with Crippen LogP contribution in [0.2, 0.25) is 0 Å². The molecule has 4 nitrogen and oxygen atoms in total. The lowest BCUT2D eigenvalue weighted by atomic mass is 10.0. The second-order valence-electron chi connectivity index (χ2n) is 4.56. The number of carbonyl (C=O) groups excluding carboxylic acids is 1. The summed E-state index contributed by atoms with van der Waals surface area (Å²) in [6, 6.07) is 0.455. The van der Waals surface area contributed by atoms with Gasteiger partial charge in [0.05, 0.1) is 19.1 Å². The van der Waals surface area contributed by atoms with E-state index in [-0.39, 0.29) is 23.9 Å². The van der Waals surface area contributed by atoms with E-state index < -0.39 is 0 Å². The van der Waals surface area contributed by atoms with Gasteiger partial charge in [0, 0.05) is 24.9 Å². The SMILES string of the molecule is CCNC1COCC1C(=O)N(C)C(C)CSC. The van der Waals surface area contributed by atoms with Gasteiger partial charge in [0.2, 0.25) is 5.91 Å². The first kappa shape index (κ1) is 14.8. The van der Waals surface area contributed by atoms with Crippen molar-refractivity contribution < 1.29 is 9.53 Å². The molecule has 0 aromatic heterocycles. The van der Waals surface area contributed by atoms with Crippen LogP contribution in [0, 0.1) is 5.92 Å². The molecule has 1 rings (SSSR count). The van der Waals surface area contributed by atoms with Crippen LogP contribution in [0.4, 0.5) is 0 Å². The Morgan fingerprint density at radius 1 is 1.59 bits per heavy atom. The number of ether oxygens (including phenoxy) is 1. The van der Waals surface area contributed by atoms with E-state index in [0.29, 0.717) is 13.2 Å². The minimum absolute atomic E-state index is 0.0238. The smallest absolute Gasteiger partial charge is 0.229 e. The molecule has 1 aliphatic rings.